The third-order valence-corrected chi connectivity index (χ3v) is 3.37. The molecule has 0 aliphatic carbocycles. The van der Waals surface area contributed by atoms with Gasteiger partial charge in [-0.2, -0.15) is 0 Å². The predicted octanol–water partition coefficient (Wildman–Crippen LogP) is 1.94. The van der Waals surface area contributed by atoms with Gasteiger partial charge in [0.25, 0.3) is 0 Å². The summed E-state index contributed by atoms with van der Waals surface area (Å²) >= 11 is 1.53. The lowest BCUT2D eigenvalue weighted by Gasteiger charge is -2.03. The Morgan fingerprint density at radius 1 is 1.44 bits per heavy atom. The van der Waals surface area contributed by atoms with Gasteiger partial charge in [-0.25, -0.2) is 4.98 Å². The molecule has 0 unspecified atom stereocenters. The summed E-state index contributed by atoms with van der Waals surface area (Å²) in [5.41, 5.74) is 6.65. The topological polar surface area (TPSA) is 82.8 Å². The van der Waals surface area contributed by atoms with Gasteiger partial charge in [0.1, 0.15) is 5.76 Å². The largest absolute Gasteiger partial charge is 0.446 e. The number of nitrogen functional groups attached to an aromatic ring is 1. The van der Waals surface area contributed by atoms with E-state index in [9.17, 15) is 0 Å². The van der Waals surface area contributed by atoms with Crippen molar-refractivity contribution >= 4 is 17.7 Å². The zero-order valence-corrected chi connectivity index (χ0v) is 11.2. The molecule has 7 heteroatoms. The lowest BCUT2D eigenvalue weighted by atomic mass is 10.4. The summed E-state index contributed by atoms with van der Waals surface area (Å²) in [4.78, 5) is 4.31. The van der Waals surface area contributed by atoms with Gasteiger partial charge in [0.05, 0.1) is 5.69 Å². The van der Waals surface area contributed by atoms with Gasteiger partial charge in [-0.15, -0.1) is 16.8 Å². The molecule has 0 aliphatic heterocycles. The summed E-state index contributed by atoms with van der Waals surface area (Å²) < 4.78 is 7.18. The van der Waals surface area contributed by atoms with Gasteiger partial charge < -0.3 is 10.2 Å². The number of nitrogens with zero attached hydrogens (tertiary/aromatic N) is 4. The smallest absolute Gasteiger partial charge is 0.222 e. The second-order valence-corrected chi connectivity index (χ2v) is 4.71. The van der Waals surface area contributed by atoms with E-state index in [2.05, 4.69) is 21.8 Å². The fourth-order valence-corrected chi connectivity index (χ4v) is 2.50. The van der Waals surface area contributed by atoms with Gasteiger partial charge in [0, 0.05) is 19.2 Å². The van der Waals surface area contributed by atoms with Crippen molar-refractivity contribution in [3.63, 3.8) is 0 Å². The minimum atomic E-state index is 0.394. The first kappa shape index (κ1) is 12.7. The fourth-order valence-electron chi connectivity index (χ4n) is 1.55. The Hall–Kier alpha value is -1.76. The van der Waals surface area contributed by atoms with Gasteiger partial charge in [-0.1, -0.05) is 17.8 Å². The van der Waals surface area contributed by atoms with Crippen molar-refractivity contribution in [3.05, 3.63) is 30.0 Å². The maximum Gasteiger partial charge on any atom is 0.222 e. The lowest BCUT2D eigenvalue weighted by molar-refractivity contribution is 0.493. The standard InChI is InChI=1S/C11H15N5OS/c1-4-5-16-10(12)14-15-11(16)18-6-9-7(2)17-8(3)13-9/h4H,1,5-6H2,2-3H3,(H2,12,14). The second-order valence-electron chi connectivity index (χ2n) is 3.76. The van der Waals surface area contributed by atoms with Crippen LogP contribution in [-0.2, 0) is 12.3 Å². The van der Waals surface area contributed by atoms with Gasteiger partial charge >= 0.3 is 0 Å². The minimum Gasteiger partial charge on any atom is -0.446 e. The number of allylic oxidation sites excluding steroid dienone is 1. The number of aromatic nitrogens is 4. The average molecular weight is 265 g/mol. The van der Waals surface area contributed by atoms with Crippen molar-refractivity contribution in [2.24, 2.45) is 0 Å². The molecule has 18 heavy (non-hydrogen) atoms. The Bertz CT molecular complexity index is 560. The number of rotatable bonds is 5. The lowest BCUT2D eigenvalue weighted by Crippen LogP contribution is -2.03. The van der Waals surface area contributed by atoms with E-state index >= 15 is 0 Å². The molecule has 6 nitrogen and oxygen atoms in total. The summed E-state index contributed by atoms with van der Waals surface area (Å²) in [7, 11) is 0. The molecule has 2 heterocycles. The van der Waals surface area contributed by atoms with Crippen molar-refractivity contribution in [1.29, 1.82) is 0 Å². The van der Waals surface area contributed by atoms with Crippen LogP contribution in [0.25, 0.3) is 0 Å². The van der Waals surface area contributed by atoms with Crippen LogP contribution in [0, 0.1) is 13.8 Å². The molecule has 0 spiro atoms. The van der Waals surface area contributed by atoms with E-state index in [0.717, 1.165) is 16.6 Å². The SMILES string of the molecule is C=CCn1c(N)nnc1SCc1nc(C)oc1C. The molecule has 0 saturated carbocycles. The highest BCUT2D eigenvalue weighted by molar-refractivity contribution is 7.98. The Morgan fingerprint density at radius 2 is 2.22 bits per heavy atom. The van der Waals surface area contributed by atoms with Gasteiger partial charge in [0.15, 0.2) is 11.0 Å². The molecule has 0 fully saturated rings. The van der Waals surface area contributed by atoms with Crippen LogP contribution in [-0.4, -0.2) is 19.7 Å². The van der Waals surface area contributed by atoms with Crippen molar-refractivity contribution in [2.75, 3.05) is 5.73 Å². The zero-order chi connectivity index (χ0) is 13.1. The molecule has 0 saturated heterocycles. The first-order chi connectivity index (χ1) is 8.61. The summed E-state index contributed by atoms with van der Waals surface area (Å²) in [6, 6.07) is 0. The van der Waals surface area contributed by atoms with Crippen molar-refractivity contribution in [3.8, 4) is 0 Å². The second kappa shape index (κ2) is 5.26. The molecular weight excluding hydrogens is 250 g/mol. The van der Waals surface area contributed by atoms with Crippen LogP contribution < -0.4 is 5.73 Å². The van der Waals surface area contributed by atoms with E-state index in [1.807, 2.05) is 13.8 Å². The molecular formula is C11H15N5OS. The monoisotopic (exact) mass is 265 g/mol. The predicted molar refractivity (Wildman–Crippen MR) is 70.2 cm³/mol. The third kappa shape index (κ3) is 2.56. The Labute approximate surface area is 109 Å². The quantitative estimate of drug-likeness (QED) is 0.657. The number of anilines is 1. The van der Waals surface area contributed by atoms with Crippen molar-refractivity contribution < 1.29 is 4.42 Å². The minimum absolute atomic E-state index is 0.394. The van der Waals surface area contributed by atoms with E-state index < -0.39 is 0 Å². The van der Waals surface area contributed by atoms with E-state index in [0.29, 0.717) is 24.1 Å². The van der Waals surface area contributed by atoms with Gasteiger partial charge in [-0.05, 0) is 6.92 Å². The molecule has 0 atom stereocenters. The average Bonchev–Trinajstić information content (AvgIpc) is 2.82. The van der Waals surface area contributed by atoms with Crippen LogP contribution in [0.2, 0.25) is 0 Å². The van der Waals surface area contributed by atoms with E-state index in [-0.39, 0.29) is 0 Å². The number of aryl methyl sites for hydroxylation is 2. The van der Waals surface area contributed by atoms with Gasteiger partial charge in [0.2, 0.25) is 5.95 Å². The van der Waals surface area contributed by atoms with Crippen LogP contribution >= 0.6 is 11.8 Å². The molecule has 2 rings (SSSR count). The first-order valence-electron chi connectivity index (χ1n) is 5.47. The number of hydrogen-bond acceptors (Lipinski definition) is 6. The first-order valence-corrected chi connectivity index (χ1v) is 6.45. The molecule has 2 aromatic heterocycles. The van der Waals surface area contributed by atoms with Crippen molar-refractivity contribution in [1.82, 2.24) is 19.7 Å². The van der Waals surface area contributed by atoms with Crippen molar-refractivity contribution in [2.45, 2.75) is 31.3 Å². The summed E-state index contributed by atoms with van der Waals surface area (Å²) in [5.74, 6) is 2.58. The van der Waals surface area contributed by atoms with E-state index in [1.165, 1.54) is 11.8 Å². The summed E-state index contributed by atoms with van der Waals surface area (Å²) in [5, 5.41) is 8.64. The maximum atomic E-state index is 5.72. The highest BCUT2D eigenvalue weighted by Gasteiger charge is 2.12. The molecule has 2 N–H and O–H groups in total. The maximum absolute atomic E-state index is 5.72. The number of hydrogen-bond donors (Lipinski definition) is 1. The summed E-state index contributed by atoms with van der Waals surface area (Å²) in [6.45, 7) is 8.01. The zero-order valence-electron chi connectivity index (χ0n) is 10.4. The Morgan fingerprint density at radius 3 is 2.83 bits per heavy atom. The molecule has 0 radical (unpaired) electrons. The van der Waals surface area contributed by atoms with E-state index in [1.54, 1.807) is 10.6 Å². The van der Waals surface area contributed by atoms with Crippen LogP contribution in [0.3, 0.4) is 0 Å². The number of oxazole rings is 1. The molecule has 0 bridgehead atoms. The van der Waals surface area contributed by atoms with Crippen LogP contribution in [0.15, 0.2) is 22.2 Å². The number of nitrogens with two attached hydrogens (primary N) is 1. The van der Waals surface area contributed by atoms with Gasteiger partial charge in [-0.3, -0.25) is 4.57 Å². The highest BCUT2D eigenvalue weighted by atomic mass is 32.2. The van der Waals surface area contributed by atoms with Crippen LogP contribution in [0.1, 0.15) is 17.3 Å². The highest BCUT2D eigenvalue weighted by Crippen LogP contribution is 2.24. The molecule has 96 valence electrons. The Balaban J connectivity index is 2.10. The normalized spacial score (nSPS) is 10.8. The molecule has 0 amide bonds. The summed E-state index contributed by atoms with van der Waals surface area (Å²) in [6.07, 6.45) is 1.76. The fraction of sp³-hybridized carbons (Fsp3) is 0.364. The molecule has 2 aromatic rings. The molecule has 0 aromatic carbocycles. The number of thioether (sulfide) groups is 1. The van der Waals surface area contributed by atoms with Crippen LogP contribution in [0.5, 0.6) is 0 Å². The third-order valence-electron chi connectivity index (χ3n) is 2.39. The van der Waals surface area contributed by atoms with Crippen LogP contribution in [0.4, 0.5) is 5.95 Å². The molecule has 0 aliphatic rings. The Kier molecular flexibility index (Phi) is 3.71. The van der Waals surface area contributed by atoms with E-state index in [4.69, 9.17) is 10.2 Å².